The smallest absolute Gasteiger partial charge is 0.175 e. The molecular formula is C9H10ClNO. The summed E-state index contributed by atoms with van der Waals surface area (Å²) in [7, 11) is 0. The third-order valence-corrected chi connectivity index (χ3v) is 1.99. The molecule has 0 radical (unpaired) electrons. The van der Waals surface area contributed by atoms with E-state index in [9.17, 15) is 0 Å². The van der Waals surface area contributed by atoms with E-state index in [4.69, 9.17) is 16.8 Å². The number of oxime groups is 1. The van der Waals surface area contributed by atoms with Crippen molar-refractivity contribution in [3.63, 3.8) is 0 Å². The number of hydrogen-bond donors (Lipinski definition) is 1. The molecule has 64 valence electrons. The Labute approximate surface area is 76.5 Å². The highest BCUT2D eigenvalue weighted by atomic mass is 35.5. The van der Waals surface area contributed by atoms with E-state index in [1.54, 1.807) is 0 Å². The van der Waals surface area contributed by atoms with Gasteiger partial charge in [0.05, 0.1) is 0 Å². The summed E-state index contributed by atoms with van der Waals surface area (Å²) in [6, 6.07) is 7.59. The first-order valence-corrected chi connectivity index (χ1v) is 4.13. The molecule has 1 rings (SSSR count). The molecule has 0 aliphatic rings. The number of rotatable bonds is 2. The predicted molar refractivity (Wildman–Crippen MR) is 50.0 cm³/mol. The lowest BCUT2D eigenvalue weighted by atomic mass is 10.1. The number of hydrogen-bond acceptors (Lipinski definition) is 2. The molecule has 0 amide bonds. The number of benzene rings is 1. The van der Waals surface area contributed by atoms with E-state index >= 15 is 0 Å². The summed E-state index contributed by atoms with van der Waals surface area (Å²) in [6.45, 7) is 2.03. The van der Waals surface area contributed by atoms with Gasteiger partial charge in [-0.2, -0.15) is 0 Å². The molecule has 12 heavy (non-hydrogen) atoms. The lowest BCUT2D eigenvalue weighted by Gasteiger charge is -2.02. The van der Waals surface area contributed by atoms with Crippen molar-refractivity contribution in [2.75, 3.05) is 0 Å². The lowest BCUT2D eigenvalue weighted by molar-refractivity contribution is 0.321. The minimum absolute atomic E-state index is 0.146. The minimum Gasteiger partial charge on any atom is -0.410 e. The highest BCUT2D eigenvalue weighted by Gasteiger charge is 2.04. The molecule has 0 saturated carbocycles. The van der Waals surface area contributed by atoms with Gasteiger partial charge in [0.2, 0.25) is 0 Å². The number of nitrogens with zero attached hydrogens (tertiary/aromatic N) is 1. The second-order valence-corrected chi connectivity index (χ2v) is 2.76. The van der Waals surface area contributed by atoms with E-state index in [-0.39, 0.29) is 5.17 Å². The average molecular weight is 184 g/mol. The number of aryl methyl sites for hydroxylation is 1. The van der Waals surface area contributed by atoms with Gasteiger partial charge in [-0.05, 0) is 12.0 Å². The molecular weight excluding hydrogens is 174 g/mol. The summed E-state index contributed by atoms with van der Waals surface area (Å²) in [4.78, 5) is 0. The van der Waals surface area contributed by atoms with E-state index < -0.39 is 0 Å². The summed E-state index contributed by atoms with van der Waals surface area (Å²) in [5.41, 5.74) is 1.88. The molecule has 3 heteroatoms. The molecule has 1 aromatic rings. The van der Waals surface area contributed by atoms with Crippen molar-refractivity contribution in [3.8, 4) is 0 Å². The van der Waals surface area contributed by atoms with Crippen molar-refractivity contribution in [2.24, 2.45) is 5.16 Å². The average Bonchev–Trinajstić information content (AvgIpc) is 2.16. The molecule has 0 bridgehead atoms. The van der Waals surface area contributed by atoms with Crippen molar-refractivity contribution in [1.82, 2.24) is 0 Å². The van der Waals surface area contributed by atoms with Crippen LogP contribution in [-0.4, -0.2) is 10.4 Å². The van der Waals surface area contributed by atoms with Gasteiger partial charge in [0.25, 0.3) is 0 Å². The highest BCUT2D eigenvalue weighted by Crippen LogP contribution is 2.12. The SMILES string of the molecule is CCc1ccccc1/C(Cl)=N/O. The largest absolute Gasteiger partial charge is 0.410 e. The molecule has 0 saturated heterocycles. The van der Waals surface area contributed by atoms with Crippen molar-refractivity contribution in [1.29, 1.82) is 0 Å². The Bertz CT molecular complexity index is 296. The zero-order valence-electron chi connectivity index (χ0n) is 6.79. The molecule has 0 aliphatic carbocycles. The predicted octanol–water partition coefficient (Wildman–Crippen LogP) is 2.62. The molecule has 0 aliphatic heterocycles. The van der Waals surface area contributed by atoms with Crippen molar-refractivity contribution in [2.45, 2.75) is 13.3 Å². The van der Waals surface area contributed by atoms with Gasteiger partial charge in [0, 0.05) is 5.56 Å². The van der Waals surface area contributed by atoms with Crippen LogP contribution in [0.5, 0.6) is 0 Å². The maximum atomic E-state index is 8.46. The van der Waals surface area contributed by atoms with Crippen LogP contribution in [-0.2, 0) is 6.42 Å². The zero-order chi connectivity index (χ0) is 8.97. The number of halogens is 1. The van der Waals surface area contributed by atoms with E-state index in [0.29, 0.717) is 0 Å². The second kappa shape index (κ2) is 4.12. The zero-order valence-corrected chi connectivity index (χ0v) is 7.54. The van der Waals surface area contributed by atoms with Gasteiger partial charge in [-0.25, -0.2) is 0 Å². The maximum Gasteiger partial charge on any atom is 0.175 e. The fraction of sp³-hybridized carbons (Fsp3) is 0.222. The van der Waals surface area contributed by atoms with Crippen LogP contribution < -0.4 is 0 Å². The second-order valence-electron chi connectivity index (χ2n) is 2.40. The van der Waals surface area contributed by atoms with Crippen LogP contribution in [0.2, 0.25) is 0 Å². The summed E-state index contributed by atoms with van der Waals surface area (Å²) in [6.07, 6.45) is 0.877. The Morgan fingerprint density at radius 3 is 2.75 bits per heavy atom. The fourth-order valence-corrected chi connectivity index (χ4v) is 1.27. The van der Waals surface area contributed by atoms with Crippen molar-refractivity contribution >= 4 is 16.8 Å². The van der Waals surface area contributed by atoms with Gasteiger partial charge >= 0.3 is 0 Å². The lowest BCUT2D eigenvalue weighted by Crippen LogP contribution is -1.96. The fourth-order valence-electron chi connectivity index (χ4n) is 1.08. The molecule has 0 atom stereocenters. The molecule has 0 unspecified atom stereocenters. The van der Waals surface area contributed by atoms with E-state index in [1.165, 1.54) is 0 Å². The maximum absolute atomic E-state index is 8.46. The van der Waals surface area contributed by atoms with Crippen LogP contribution in [0.1, 0.15) is 18.1 Å². The molecule has 0 heterocycles. The molecule has 2 nitrogen and oxygen atoms in total. The molecule has 1 aromatic carbocycles. The van der Waals surface area contributed by atoms with E-state index in [2.05, 4.69) is 5.16 Å². The molecule has 0 spiro atoms. The van der Waals surface area contributed by atoms with Crippen molar-refractivity contribution in [3.05, 3.63) is 35.4 Å². The first-order valence-electron chi connectivity index (χ1n) is 3.75. The van der Waals surface area contributed by atoms with E-state index in [0.717, 1.165) is 17.5 Å². The Balaban J connectivity index is 3.13. The van der Waals surface area contributed by atoms with Crippen LogP contribution in [0.3, 0.4) is 0 Å². The van der Waals surface area contributed by atoms with Gasteiger partial charge in [-0.15, -0.1) is 0 Å². The first kappa shape index (κ1) is 9.07. The minimum atomic E-state index is 0.146. The van der Waals surface area contributed by atoms with Crippen LogP contribution >= 0.6 is 11.6 Å². The monoisotopic (exact) mass is 183 g/mol. The topological polar surface area (TPSA) is 32.6 Å². The van der Waals surface area contributed by atoms with Gasteiger partial charge < -0.3 is 5.21 Å². The van der Waals surface area contributed by atoms with Crippen molar-refractivity contribution < 1.29 is 5.21 Å². The van der Waals surface area contributed by atoms with Crippen LogP contribution in [0.25, 0.3) is 0 Å². The van der Waals surface area contributed by atoms with Gasteiger partial charge in [0.1, 0.15) is 0 Å². The van der Waals surface area contributed by atoms with Crippen LogP contribution in [0.15, 0.2) is 29.4 Å². The molecule has 1 N–H and O–H groups in total. The Kier molecular flexibility index (Phi) is 3.11. The van der Waals surface area contributed by atoms with Crippen LogP contribution in [0.4, 0.5) is 0 Å². The van der Waals surface area contributed by atoms with Gasteiger partial charge in [0.15, 0.2) is 5.17 Å². The van der Waals surface area contributed by atoms with Gasteiger partial charge in [-0.3, -0.25) is 0 Å². The summed E-state index contributed by atoms with van der Waals surface area (Å²) in [5, 5.41) is 11.6. The third-order valence-electron chi connectivity index (χ3n) is 1.71. The van der Waals surface area contributed by atoms with E-state index in [1.807, 2.05) is 31.2 Å². The Hall–Kier alpha value is -1.02. The highest BCUT2D eigenvalue weighted by molar-refractivity contribution is 6.69. The Morgan fingerprint density at radius 1 is 1.50 bits per heavy atom. The summed E-state index contributed by atoms with van der Waals surface area (Å²) < 4.78 is 0. The standard InChI is InChI=1S/C9H10ClNO/c1-2-7-5-3-4-6-8(7)9(10)11-12/h3-6,12H,2H2,1H3/b11-9-. The summed E-state index contributed by atoms with van der Waals surface area (Å²) >= 11 is 5.67. The summed E-state index contributed by atoms with van der Waals surface area (Å²) in [5.74, 6) is 0. The van der Waals surface area contributed by atoms with Crippen LogP contribution in [0, 0.1) is 0 Å². The molecule has 0 fully saturated rings. The Morgan fingerprint density at radius 2 is 2.17 bits per heavy atom. The first-order chi connectivity index (χ1) is 5.79. The quantitative estimate of drug-likeness (QED) is 0.427. The molecule has 0 aromatic heterocycles. The normalized spacial score (nSPS) is 11.7. The van der Waals surface area contributed by atoms with Gasteiger partial charge in [-0.1, -0.05) is 47.9 Å². The third kappa shape index (κ3) is 1.77.